The highest BCUT2D eigenvalue weighted by atomic mass is 16.5. The monoisotopic (exact) mass is 226 g/mol. The van der Waals surface area contributed by atoms with Crippen LogP contribution in [0, 0.1) is 5.92 Å². The molecular weight excluding hydrogens is 200 g/mol. The second kappa shape index (κ2) is 10.7. The second-order valence-electron chi connectivity index (χ2n) is 4.16. The fraction of sp³-hybridized carbons (Fsp3) is 0.786. The molecule has 0 heterocycles. The fourth-order valence-electron chi connectivity index (χ4n) is 1.67. The Labute approximate surface area is 100 Å². The molecule has 0 bridgehead atoms. The molecule has 0 aromatic carbocycles. The molecule has 0 rings (SSSR count). The van der Waals surface area contributed by atoms with Gasteiger partial charge in [-0.1, -0.05) is 45.6 Å². The van der Waals surface area contributed by atoms with Crippen molar-refractivity contribution in [2.45, 2.75) is 59.3 Å². The summed E-state index contributed by atoms with van der Waals surface area (Å²) < 4.78 is 4.88. The van der Waals surface area contributed by atoms with E-state index in [4.69, 9.17) is 4.74 Å². The molecular formula is C14H26O2. The van der Waals surface area contributed by atoms with Gasteiger partial charge in [0.1, 0.15) is 0 Å². The van der Waals surface area contributed by atoms with E-state index in [0.29, 0.717) is 12.5 Å². The van der Waals surface area contributed by atoms with Crippen LogP contribution in [-0.4, -0.2) is 12.6 Å². The SMILES string of the molecule is CCCCC(/C=C\C(=O)OCC)CCCC. The molecule has 0 N–H and O–H groups in total. The summed E-state index contributed by atoms with van der Waals surface area (Å²) in [6.45, 7) is 6.69. The fourth-order valence-corrected chi connectivity index (χ4v) is 1.67. The van der Waals surface area contributed by atoms with E-state index in [9.17, 15) is 4.79 Å². The van der Waals surface area contributed by atoms with E-state index in [1.54, 1.807) is 6.08 Å². The molecule has 0 radical (unpaired) electrons. The predicted molar refractivity (Wildman–Crippen MR) is 68.3 cm³/mol. The lowest BCUT2D eigenvalue weighted by Crippen LogP contribution is -2.02. The maximum atomic E-state index is 11.2. The van der Waals surface area contributed by atoms with Crippen molar-refractivity contribution in [3.63, 3.8) is 0 Å². The Morgan fingerprint density at radius 2 is 1.69 bits per heavy atom. The minimum atomic E-state index is -0.208. The topological polar surface area (TPSA) is 26.3 Å². The van der Waals surface area contributed by atoms with Crippen LogP contribution in [0.3, 0.4) is 0 Å². The van der Waals surface area contributed by atoms with Gasteiger partial charge in [-0.05, 0) is 25.7 Å². The summed E-state index contributed by atoms with van der Waals surface area (Å²) in [5, 5.41) is 0. The van der Waals surface area contributed by atoms with Crippen LogP contribution in [0.25, 0.3) is 0 Å². The van der Waals surface area contributed by atoms with Gasteiger partial charge in [0.2, 0.25) is 0 Å². The van der Waals surface area contributed by atoms with Crippen LogP contribution < -0.4 is 0 Å². The third-order valence-electron chi connectivity index (χ3n) is 2.65. The van der Waals surface area contributed by atoms with Crippen LogP contribution in [-0.2, 0) is 9.53 Å². The number of allylic oxidation sites excluding steroid dienone is 1. The molecule has 0 amide bonds. The smallest absolute Gasteiger partial charge is 0.330 e. The molecule has 0 fully saturated rings. The van der Waals surface area contributed by atoms with Crippen molar-refractivity contribution in [2.24, 2.45) is 5.92 Å². The molecule has 0 aliphatic rings. The number of carbonyl (C=O) groups is 1. The highest BCUT2D eigenvalue weighted by Crippen LogP contribution is 2.17. The minimum absolute atomic E-state index is 0.208. The maximum absolute atomic E-state index is 11.2. The van der Waals surface area contributed by atoms with Crippen molar-refractivity contribution in [1.29, 1.82) is 0 Å². The average Bonchev–Trinajstić information content (AvgIpc) is 2.28. The third kappa shape index (κ3) is 8.51. The van der Waals surface area contributed by atoms with E-state index >= 15 is 0 Å². The van der Waals surface area contributed by atoms with Gasteiger partial charge < -0.3 is 4.74 Å². The van der Waals surface area contributed by atoms with Gasteiger partial charge >= 0.3 is 5.97 Å². The molecule has 0 atom stereocenters. The zero-order valence-electron chi connectivity index (χ0n) is 11.0. The molecule has 0 saturated heterocycles. The molecule has 0 spiro atoms. The minimum Gasteiger partial charge on any atom is -0.463 e. The van der Waals surface area contributed by atoms with Crippen molar-refractivity contribution in [3.05, 3.63) is 12.2 Å². The molecule has 2 nitrogen and oxygen atoms in total. The number of hydrogen-bond donors (Lipinski definition) is 0. The van der Waals surface area contributed by atoms with Crippen LogP contribution in [0.5, 0.6) is 0 Å². The highest BCUT2D eigenvalue weighted by molar-refractivity contribution is 5.81. The summed E-state index contributed by atoms with van der Waals surface area (Å²) in [7, 11) is 0. The molecule has 0 aromatic heterocycles. The molecule has 0 saturated carbocycles. The summed E-state index contributed by atoms with van der Waals surface area (Å²) in [4.78, 5) is 11.2. The molecule has 0 unspecified atom stereocenters. The normalized spacial score (nSPS) is 11.2. The van der Waals surface area contributed by atoms with Crippen molar-refractivity contribution in [1.82, 2.24) is 0 Å². The number of carbonyl (C=O) groups excluding carboxylic acids is 1. The van der Waals surface area contributed by atoms with Crippen molar-refractivity contribution >= 4 is 5.97 Å². The van der Waals surface area contributed by atoms with E-state index in [1.807, 2.05) is 13.0 Å². The lowest BCUT2D eigenvalue weighted by Gasteiger charge is -2.11. The Balaban J connectivity index is 4.01. The first-order valence-corrected chi connectivity index (χ1v) is 6.59. The number of unbranched alkanes of at least 4 members (excludes halogenated alkanes) is 2. The van der Waals surface area contributed by atoms with Gasteiger partial charge in [0.15, 0.2) is 0 Å². The number of hydrogen-bond acceptors (Lipinski definition) is 2. The highest BCUT2D eigenvalue weighted by Gasteiger charge is 2.04. The average molecular weight is 226 g/mol. The van der Waals surface area contributed by atoms with E-state index in [-0.39, 0.29) is 5.97 Å². The first kappa shape index (κ1) is 15.2. The lowest BCUT2D eigenvalue weighted by molar-refractivity contribution is -0.137. The molecule has 16 heavy (non-hydrogen) atoms. The predicted octanol–water partition coefficient (Wildman–Crippen LogP) is 4.10. The van der Waals surface area contributed by atoms with Gasteiger partial charge in [0, 0.05) is 6.08 Å². The van der Waals surface area contributed by atoms with E-state index in [2.05, 4.69) is 13.8 Å². The zero-order valence-corrected chi connectivity index (χ0v) is 11.0. The maximum Gasteiger partial charge on any atom is 0.330 e. The summed E-state index contributed by atoms with van der Waals surface area (Å²) in [5.74, 6) is 0.338. The van der Waals surface area contributed by atoms with Gasteiger partial charge in [-0.2, -0.15) is 0 Å². The molecule has 0 aliphatic heterocycles. The third-order valence-corrected chi connectivity index (χ3v) is 2.65. The Morgan fingerprint density at radius 3 is 2.12 bits per heavy atom. The Morgan fingerprint density at radius 1 is 1.12 bits per heavy atom. The molecule has 0 aromatic rings. The first-order chi connectivity index (χ1) is 7.74. The number of esters is 1. The first-order valence-electron chi connectivity index (χ1n) is 6.59. The van der Waals surface area contributed by atoms with E-state index < -0.39 is 0 Å². The van der Waals surface area contributed by atoms with Crippen LogP contribution in [0.2, 0.25) is 0 Å². The second-order valence-corrected chi connectivity index (χ2v) is 4.16. The van der Waals surface area contributed by atoms with E-state index in [1.165, 1.54) is 38.5 Å². The Hall–Kier alpha value is -0.790. The van der Waals surface area contributed by atoms with Crippen molar-refractivity contribution in [2.75, 3.05) is 6.61 Å². The largest absolute Gasteiger partial charge is 0.463 e. The van der Waals surface area contributed by atoms with Gasteiger partial charge in [0.05, 0.1) is 6.61 Å². The van der Waals surface area contributed by atoms with Crippen LogP contribution in [0.4, 0.5) is 0 Å². The molecule has 0 aliphatic carbocycles. The zero-order chi connectivity index (χ0) is 12.2. The van der Waals surface area contributed by atoms with Gasteiger partial charge in [0.25, 0.3) is 0 Å². The van der Waals surface area contributed by atoms with Gasteiger partial charge in [-0.15, -0.1) is 0 Å². The summed E-state index contributed by atoms with van der Waals surface area (Å²) in [6.07, 6.45) is 10.9. The standard InChI is InChI=1S/C14H26O2/c1-4-7-9-13(10-8-5-2)11-12-14(15)16-6-3/h11-13H,4-10H2,1-3H3/b12-11-. The van der Waals surface area contributed by atoms with E-state index in [0.717, 1.165) is 0 Å². The summed E-state index contributed by atoms with van der Waals surface area (Å²) >= 11 is 0. The lowest BCUT2D eigenvalue weighted by atomic mass is 9.95. The quantitative estimate of drug-likeness (QED) is 0.437. The van der Waals surface area contributed by atoms with Gasteiger partial charge in [-0.3, -0.25) is 0 Å². The van der Waals surface area contributed by atoms with Gasteiger partial charge in [-0.25, -0.2) is 4.79 Å². The Kier molecular flexibility index (Phi) is 10.2. The number of ether oxygens (including phenoxy) is 1. The van der Waals surface area contributed by atoms with Crippen molar-refractivity contribution < 1.29 is 9.53 Å². The van der Waals surface area contributed by atoms with Crippen LogP contribution in [0.15, 0.2) is 12.2 Å². The molecule has 94 valence electrons. The van der Waals surface area contributed by atoms with Crippen LogP contribution >= 0.6 is 0 Å². The summed E-state index contributed by atoms with van der Waals surface area (Å²) in [5.41, 5.74) is 0. The van der Waals surface area contributed by atoms with Crippen LogP contribution in [0.1, 0.15) is 59.3 Å². The number of rotatable bonds is 9. The summed E-state index contributed by atoms with van der Waals surface area (Å²) in [6, 6.07) is 0. The Bertz CT molecular complexity index is 189. The van der Waals surface area contributed by atoms with Crippen molar-refractivity contribution in [3.8, 4) is 0 Å². The molecule has 2 heteroatoms.